The number of carbonyl (C=O) groups excluding carboxylic acids is 1. The summed E-state index contributed by atoms with van der Waals surface area (Å²) < 4.78 is 0. The lowest BCUT2D eigenvalue weighted by Gasteiger charge is -2.37. The Morgan fingerprint density at radius 1 is 1.44 bits per heavy atom. The summed E-state index contributed by atoms with van der Waals surface area (Å²) >= 11 is 5.76. The molecule has 1 aromatic rings. The third-order valence-electron chi connectivity index (χ3n) is 3.43. The highest BCUT2D eigenvalue weighted by molar-refractivity contribution is 6.18. The van der Waals surface area contributed by atoms with E-state index in [1.165, 1.54) is 6.42 Å². The van der Waals surface area contributed by atoms with Crippen molar-refractivity contribution in [2.45, 2.75) is 31.7 Å². The van der Waals surface area contributed by atoms with Gasteiger partial charge >= 0.3 is 0 Å². The molecule has 0 aliphatic heterocycles. The number of hydrogen-bond donors (Lipinski definition) is 1. The van der Waals surface area contributed by atoms with E-state index >= 15 is 0 Å². The molecule has 0 atom stereocenters. The fourth-order valence-electron chi connectivity index (χ4n) is 2.24. The molecule has 0 bridgehead atoms. The molecule has 18 heavy (non-hydrogen) atoms. The Hall–Kier alpha value is -1.22. The van der Waals surface area contributed by atoms with Crippen LogP contribution in [0.5, 0.6) is 5.75 Å². The van der Waals surface area contributed by atoms with Gasteiger partial charge in [0.15, 0.2) is 0 Å². The number of nitrogens with zero attached hydrogens (tertiary/aromatic N) is 1. The first kappa shape index (κ1) is 13.2. The van der Waals surface area contributed by atoms with E-state index in [-0.39, 0.29) is 11.7 Å². The van der Waals surface area contributed by atoms with Gasteiger partial charge in [-0.2, -0.15) is 0 Å². The summed E-state index contributed by atoms with van der Waals surface area (Å²) in [5.41, 5.74) is 0.846. The Bertz CT molecular complexity index is 418. The fourth-order valence-corrected chi connectivity index (χ4v) is 2.43. The van der Waals surface area contributed by atoms with Crippen LogP contribution in [0.1, 0.15) is 24.8 Å². The minimum absolute atomic E-state index is 0.103. The van der Waals surface area contributed by atoms with Gasteiger partial charge < -0.3 is 10.0 Å². The molecule has 1 saturated carbocycles. The van der Waals surface area contributed by atoms with Crippen molar-refractivity contribution in [3.63, 3.8) is 0 Å². The van der Waals surface area contributed by atoms with E-state index in [0.29, 0.717) is 24.9 Å². The number of carbonyl (C=O) groups is 1. The number of amides is 1. The van der Waals surface area contributed by atoms with E-state index in [9.17, 15) is 9.90 Å². The monoisotopic (exact) mass is 267 g/mol. The van der Waals surface area contributed by atoms with Crippen molar-refractivity contribution in [1.29, 1.82) is 0 Å². The molecule has 1 aromatic carbocycles. The number of phenolic OH excluding ortho intramolecular Hbond substituents is 1. The van der Waals surface area contributed by atoms with E-state index in [2.05, 4.69) is 0 Å². The van der Waals surface area contributed by atoms with Crippen LogP contribution in [0.25, 0.3) is 0 Å². The maximum Gasteiger partial charge on any atom is 0.227 e. The van der Waals surface area contributed by atoms with E-state index in [4.69, 9.17) is 11.6 Å². The Kier molecular flexibility index (Phi) is 4.48. The van der Waals surface area contributed by atoms with Crippen molar-refractivity contribution >= 4 is 17.5 Å². The van der Waals surface area contributed by atoms with E-state index < -0.39 is 0 Å². The van der Waals surface area contributed by atoms with Crippen molar-refractivity contribution in [3.8, 4) is 5.75 Å². The molecule has 0 saturated heterocycles. The minimum Gasteiger partial charge on any atom is -0.508 e. The van der Waals surface area contributed by atoms with Gasteiger partial charge in [0.1, 0.15) is 5.75 Å². The normalized spacial score (nSPS) is 15.2. The number of halogens is 1. The molecule has 0 radical (unpaired) electrons. The first-order valence-corrected chi connectivity index (χ1v) is 6.87. The van der Waals surface area contributed by atoms with Crippen LogP contribution in [0.15, 0.2) is 24.3 Å². The van der Waals surface area contributed by atoms with Gasteiger partial charge in [0.05, 0.1) is 6.42 Å². The van der Waals surface area contributed by atoms with Crippen LogP contribution in [-0.4, -0.2) is 34.4 Å². The largest absolute Gasteiger partial charge is 0.508 e. The highest BCUT2D eigenvalue weighted by Crippen LogP contribution is 2.25. The molecular formula is C14H18ClNO2. The molecule has 0 spiro atoms. The van der Waals surface area contributed by atoms with Gasteiger partial charge in [-0.25, -0.2) is 0 Å². The van der Waals surface area contributed by atoms with Crippen LogP contribution < -0.4 is 0 Å². The average Bonchev–Trinajstić information content (AvgIpc) is 2.26. The second-order valence-electron chi connectivity index (χ2n) is 4.71. The maximum absolute atomic E-state index is 12.2. The maximum atomic E-state index is 12.2. The lowest BCUT2D eigenvalue weighted by molar-refractivity contribution is -0.134. The summed E-state index contributed by atoms with van der Waals surface area (Å²) in [7, 11) is 0. The second-order valence-corrected chi connectivity index (χ2v) is 5.09. The topological polar surface area (TPSA) is 40.5 Å². The number of hydrogen-bond acceptors (Lipinski definition) is 2. The molecule has 98 valence electrons. The predicted molar refractivity (Wildman–Crippen MR) is 71.9 cm³/mol. The molecule has 1 fully saturated rings. The zero-order valence-electron chi connectivity index (χ0n) is 10.3. The second kappa shape index (κ2) is 6.10. The van der Waals surface area contributed by atoms with Crippen molar-refractivity contribution in [3.05, 3.63) is 29.8 Å². The predicted octanol–water partition coefficient (Wildman–Crippen LogP) is 2.55. The molecule has 1 aliphatic carbocycles. The Balaban J connectivity index is 2.00. The van der Waals surface area contributed by atoms with Gasteiger partial charge in [-0.3, -0.25) is 4.79 Å². The molecule has 0 heterocycles. The molecule has 1 amide bonds. The summed E-state index contributed by atoms with van der Waals surface area (Å²) in [6.07, 6.45) is 3.70. The van der Waals surface area contributed by atoms with Crippen molar-refractivity contribution in [1.82, 2.24) is 4.90 Å². The standard InChI is InChI=1S/C14H18ClNO2/c15-7-8-16(12-4-2-5-12)14(18)10-11-3-1-6-13(17)9-11/h1,3,6,9,12,17H,2,4-5,7-8,10H2. The zero-order chi connectivity index (χ0) is 13.0. The number of aromatic hydroxyl groups is 1. The van der Waals surface area contributed by atoms with Crippen LogP contribution in [0, 0.1) is 0 Å². The van der Waals surface area contributed by atoms with Gasteiger partial charge in [0.25, 0.3) is 0 Å². The number of phenols is 1. The summed E-state index contributed by atoms with van der Waals surface area (Å²) in [5, 5.41) is 9.39. The molecule has 1 N–H and O–H groups in total. The van der Waals surface area contributed by atoms with Gasteiger partial charge in [-0.05, 0) is 37.0 Å². The Labute approximate surface area is 112 Å². The zero-order valence-corrected chi connectivity index (χ0v) is 11.1. The molecule has 0 aromatic heterocycles. The lowest BCUT2D eigenvalue weighted by atomic mass is 9.91. The highest BCUT2D eigenvalue weighted by Gasteiger charge is 2.28. The van der Waals surface area contributed by atoms with Crippen molar-refractivity contribution < 1.29 is 9.90 Å². The van der Waals surface area contributed by atoms with Crippen LogP contribution in [0.3, 0.4) is 0 Å². The van der Waals surface area contributed by atoms with Crippen LogP contribution >= 0.6 is 11.6 Å². The number of benzene rings is 1. The molecule has 4 heteroatoms. The van der Waals surface area contributed by atoms with E-state index in [0.717, 1.165) is 18.4 Å². The van der Waals surface area contributed by atoms with Crippen LogP contribution in [-0.2, 0) is 11.2 Å². The van der Waals surface area contributed by atoms with Gasteiger partial charge in [0.2, 0.25) is 5.91 Å². The number of rotatable bonds is 5. The lowest BCUT2D eigenvalue weighted by Crippen LogP contribution is -2.45. The number of alkyl halides is 1. The van der Waals surface area contributed by atoms with Crippen molar-refractivity contribution in [2.24, 2.45) is 0 Å². The first-order chi connectivity index (χ1) is 8.70. The quantitative estimate of drug-likeness (QED) is 0.833. The summed E-state index contributed by atoms with van der Waals surface area (Å²) in [5.74, 6) is 0.779. The molecule has 0 unspecified atom stereocenters. The van der Waals surface area contributed by atoms with Gasteiger partial charge in [0, 0.05) is 18.5 Å². The molecule has 1 aliphatic rings. The smallest absolute Gasteiger partial charge is 0.227 e. The SMILES string of the molecule is O=C(Cc1cccc(O)c1)N(CCCl)C1CCC1. The van der Waals surface area contributed by atoms with Crippen LogP contribution in [0.4, 0.5) is 0 Å². The van der Waals surface area contributed by atoms with E-state index in [1.807, 2.05) is 11.0 Å². The fraction of sp³-hybridized carbons (Fsp3) is 0.500. The third kappa shape index (κ3) is 3.16. The van der Waals surface area contributed by atoms with Crippen molar-refractivity contribution in [2.75, 3.05) is 12.4 Å². The summed E-state index contributed by atoms with van der Waals surface area (Å²) in [4.78, 5) is 14.1. The summed E-state index contributed by atoms with van der Waals surface area (Å²) in [6.45, 7) is 0.615. The Morgan fingerprint density at radius 2 is 2.22 bits per heavy atom. The van der Waals surface area contributed by atoms with Gasteiger partial charge in [-0.1, -0.05) is 12.1 Å². The van der Waals surface area contributed by atoms with Gasteiger partial charge in [-0.15, -0.1) is 11.6 Å². The summed E-state index contributed by atoms with van der Waals surface area (Å²) in [6, 6.07) is 7.23. The Morgan fingerprint density at radius 3 is 2.78 bits per heavy atom. The highest BCUT2D eigenvalue weighted by atomic mass is 35.5. The third-order valence-corrected chi connectivity index (χ3v) is 3.60. The molecule has 3 nitrogen and oxygen atoms in total. The minimum atomic E-state index is 0.103. The molecule has 2 rings (SSSR count). The molecular weight excluding hydrogens is 250 g/mol. The average molecular weight is 268 g/mol. The first-order valence-electron chi connectivity index (χ1n) is 6.34. The van der Waals surface area contributed by atoms with Crippen LogP contribution in [0.2, 0.25) is 0 Å². The van der Waals surface area contributed by atoms with E-state index in [1.54, 1.807) is 18.2 Å².